The summed E-state index contributed by atoms with van der Waals surface area (Å²) in [7, 11) is 0. The Balaban J connectivity index is 1.32. The third-order valence-corrected chi connectivity index (χ3v) is 8.30. The molecule has 6 rings (SSSR count). The number of carbonyl (C=O) groups excluding carboxylic acids is 1. The molecule has 1 amide bonds. The molecule has 3 saturated carbocycles. The van der Waals surface area contributed by atoms with E-state index in [0.29, 0.717) is 35.9 Å². The van der Waals surface area contributed by atoms with Gasteiger partial charge in [-0.05, 0) is 54.6 Å². The fourth-order valence-electron chi connectivity index (χ4n) is 6.19. The summed E-state index contributed by atoms with van der Waals surface area (Å²) in [6, 6.07) is 7.30. The van der Waals surface area contributed by atoms with Crippen LogP contribution in [0.1, 0.15) is 33.1 Å². The summed E-state index contributed by atoms with van der Waals surface area (Å²) >= 11 is 0. The number of hydrogen-bond acceptors (Lipinski definition) is 4. The zero-order chi connectivity index (χ0) is 21.6. The number of nitrogens with zero attached hydrogens (tertiary/aromatic N) is 3. The third kappa shape index (κ3) is 3.61. The first-order valence-corrected chi connectivity index (χ1v) is 11.8. The SMILES string of the molecule is CC1(C)[C@H]2CC[C@@H](CNC(=O)n3c(=O)n(CCN4CCOCC4)c4ccccc43)[C@@H]1C2. The van der Waals surface area contributed by atoms with Gasteiger partial charge in [0.05, 0.1) is 24.2 Å². The van der Waals surface area contributed by atoms with Gasteiger partial charge in [0, 0.05) is 32.7 Å². The van der Waals surface area contributed by atoms with E-state index in [1.165, 1.54) is 23.8 Å². The second-order valence-electron chi connectivity index (χ2n) is 10.1. The molecule has 1 saturated heterocycles. The van der Waals surface area contributed by atoms with Gasteiger partial charge in [0.15, 0.2) is 0 Å². The van der Waals surface area contributed by atoms with Crippen LogP contribution in [-0.4, -0.2) is 59.5 Å². The molecular weight excluding hydrogens is 392 g/mol. The normalized spacial score (nSPS) is 27.7. The summed E-state index contributed by atoms with van der Waals surface area (Å²) in [6.07, 6.45) is 3.72. The lowest BCUT2D eigenvalue weighted by Crippen LogP contribution is -2.55. The highest BCUT2D eigenvalue weighted by molar-refractivity contribution is 5.89. The minimum absolute atomic E-state index is 0.250. The maximum atomic E-state index is 13.3. The van der Waals surface area contributed by atoms with Crippen LogP contribution >= 0.6 is 0 Å². The van der Waals surface area contributed by atoms with E-state index in [2.05, 4.69) is 24.1 Å². The van der Waals surface area contributed by atoms with Gasteiger partial charge in [-0.1, -0.05) is 26.0 Å². The average molecular weight is 427 g/mol. The van der Waals surface area contributed by atoms with Crippen molar-refractivity contribution in [2.24, 2.45) is 23.2 Å². The number of benzene rings is 1. The number of fused-ring (bicyclic) bond motifs is 3. The van der Waals surface area contributed by atoms with E-state index < -0.39 is 0 Å². The summed E-state index contributed by atoms with van der Waals surface area (Å²) in [6.45, 7) is 9.97. The van der Waals surface area contributed by atoms with Crippen molar-refractivity contribution in [2.75, 3.05) is 39.4 Å². The Bertz CT molecular complexity index is 1020. The van der Waals surface area contributed by atoms with Crippen LogP contribution in [0.4, 0.5) is 4.79 Å². The largest absolute Gasteiger partial charge is 0.379 e. The van der Waals surface area contributed by atoms with E-state index in [1.54, 1.807) is 4.57 Å². The second kappa shape index (κ2) is 8.10. The van der Waals surface area contributed by atoms with Crippen LogP contribution < -0.4 is 11.0 Å². The van der Waals surface area contributed by atoms with Crippen molar-refractivity contribution in [3.63, 3.8) is 0 Å². The van der Waals surface area contributed by atoms with Gasteiger partial charge in [0.25, 0.3) is 0 Å². The molecule has 4 fully saturated rings. The summed E-state index contributed by atoms with van der Waals surface area (Å²) in [5.41, 5.74) is 1.64. The van der Waals surface area contributed by atoms with Crippen LogP contribution in [0.15, 0.2) is 29.1 Å². The van der Waals surface area contributed by atoms with Gasteiger partial charge < -0.3 is 10.1 Å². The van der Waals surface area contributed by atoms with Crippen LogP contribution in [0, 0.1) is 23.2 Å². The van der Waals surface area contributed by atoms with Crippen LogP contribution in [0.25, 0.3) is 11.0 Å². The molecule has 0 unspecified atom stereocenters. The minimum Gasteiger partial charge on any atom is -0.379 e. The van der Waals surface area contributed by atoms with Gasteiger partial charge in [0.2, 0.25) is 0 Å². The lowest BCUT2D eigenvalue weighted by Gasteiger charge is -2.60. The fraction of sp³-hybridized carbons (Fsp3) is 0.667. The van der Waals surface area contributed by atoms with Crippen molar-refractivity contribution in [2.45, 2.75) is 39.7 Å². The van der Waals surface area contributed by atoms with Gasteiger partial charge in [-0.25, -0.2) is 14.2 Å². The summed E-state index contributed by atoms with van der Waals surface area (Å²) < 4.78 is 8.48. The first-order chi connectivity index (χ1) is 15.0. The second-order valence-corrected chi connectivity index (χ2v) is 10.1. The summed E-state index contributed by atoms with van der Waals surface area (Å²) in [5.74, 6) is 2.03. The number of hydrogen-bond donors (Lipinski definition) is 1. The Kier molecular flexibility index (Phi) is 5.42. The molecule has 1 aromatic heterocycles. The van der Waals surface area contributed by atoms with Crippen molar-refractivity contribution in [1.82, 2.24) is 19.4 Å². The molecule has 1 aliphatic heterocycles. The van der Waals surface area contributed by atoms with E-state index in [-0.39, 0.29) is 11.7 Å². The number of carbonyl (C=O) groups is 1. The van der Waals surface area contributed by atoms with Gasteiger partial charge in [0.1, 0.15) is 0 Å². The third-order valence-electron chi connectivity index (χ3n) is 8.30. The predicted molar refractivity (Wildman–Crippen MR) is 120 cm³/mol. The number of aromatic nitrogens is 2. The minimum atomic E-state index is -0.300. The number of rotatable bonds is 5. The highest BCUT2D eigenvalue weighted by atomic mass is 16.5. The molecule has 3 atom stereocenters. The number of amides is 1. The van der Waals surface area contributed by atoms with E-state index in [0.717, 1.165) is 44.3 Å². The molecule has 2 bridgehead atoms. The van der Waals surface area contributed by atoms with Crippen LogP contribution in [-0.2, 0) is 11.3 Å². The molecule has 1 N–H and O–H groups in total. The zero-order valence-electron chi connectivity index (χ0n) is 18.7. The molecule has 0 spiro atoms. The molecular formula is C24H34N4O3. The monoisotopic (exact) mass is 426 g/mol. The van der Waals surface area contributed by atoms with E-state index >= 15 is 0 Å². The Morgan fingerprint density at radius 3 is 2.58 bits per heavy atom. The highest BCUT2D eigenvalue weighted by Crippen LogP contribution is 2.61. The molecule has 3 aliphatic carbocycles. The van der Waals surface area contributed by atoms with E-state index in [9.17, 15) is 9.59 Å². The van der Waals surface area contributed by atoms with Gasteiger partial charge in [-0.3, -0.25) is 9.47 Å². The van der Waals surface area contributed by atoms with Gasteiger partial charge >= 0.3 is 11.7 Å². The highest BCUT2D eigenvalue weighted by Gasteiger charge is 2.53. The molecule has 2 heterocycles. The molecule has 31 heavy (non-hydrogen) atoms. The Morgan fingerprint density at radius 2 is 1.87 bits per heavy atom. The standard InChI is InChI=1S/C24H34N4O3/c1-24(2)18-8-7-17(19(24)15-18)16-25-22(29)28-21-6-4-3-5-20(21)27(23(28)30)10-9-26-11-13-31-14-12-26/h3-6,17-19H,7-16H2,1-2H3,(H,25,29)/t17-,18-,19-/m0/s1. The van der Waals surface area contributed by atoms with E-state index in [4.69, 9.17) is 4.74 Å². The van der Waals surface area contributed by atoms with Crippen molar-refractivity contribution < 1.29 is 9.53 Å². The molecule has 2 aromatic rings. The van der Waals surface area contributed by atoms with Crippen molar-refractivity contribution >= 4 is 17.1 Å². The number of nitrogens with one attached hydrogen (secondary N) is 1. The molecule has 7 nitrogen and oxygen atoms in total. The maximum absolute atomic E-state index is 13.3. The fourth-order valence-corrected chi connectivity index (χ4v) is 6.19. The molecule has 4 aliphatic rings. The van der Waals surface area contributed by atoms with E-state index in [1.807, 2.05) is 24.3 Å². The average Bonchev–Trinajstić information content (AvgIpc) is 3.08. The van der Waals surface area contributed by atoms with Crippen molar-refractivity contribution in [3.05, 3.63) is 34.7 Å². The Morgan fingerprint density at radius 1 is 1.13 bits per heavy atom. The molecule has 168 valence electrons. The summed E-state index contributed by atoms with van der Waals surface area (Å²) in [4.78, 5) is 28.7. The van der Waals surface area contributed by atoms with Crippen molar-refractivity contribution in [3.8, 4) is 0 Å². The molecule has 0 radical (unpaired) electrons. The van der Waals surface area contributed by atoms with Gasteiger partial charge in [-0.2, -0.15) is 0 Å². The molecule has 7 heteroatoms. The zero-order valence-corrected chi connectivity index (χ0v) is 18.7. The van der Waals surface area contributed by atoms with Crippen molar-refractivity contribution in [1.29, 1.82) is 0 Å². The predicted octanol–water partition coefficient (Wildman–Crippen LogP) is 2.77. The maximum Gasteiger partial charge on any atom is 0.337 e. The number of imidazole rings is 1. The van der Waals surface area contributed by atoms with Crippen LogP contribution in [0.3, 0.4) is 0 Å². The summed E-state index contributed by atoms with van der Waals surface area (Å²) in [5, 5.41) is 3.10. The smallest absolute Gasteiger partial charge is 0.337 e. The Labute approximate surface area is 183 Å². The lowest BCUT2D eigenvalue weighted by molar-refractivity contribution is -0.103. The molecule has 1 aromatic carbocycles. The lowest BCUT2D eigenvalue weighted by atomic mass is 9.45. The number of morpholine rings is 1. The first kappa shape index (κ1) is 20.8. The Hall–Kier alpha value is -2.12. The van der Waals surface area contributed by atoms with Crippen LogP contribution in [0.2, 0.25) is 0 Å². The quantitative estimate of drug-likeness (QED) is 0.798. The first-order valence-electron chi connectivity index (χ1n) is 11.8. The van der Waals surface area contributed by atoms with Crippen LogP contribution in [0.5, 0.6) is 0 Å². The number of para-hydroxylation sites is 2. The van der Waals surface area contributed by atoms with Gasteiger partial charge in [-0.15, -0.1) is 0 Å². The topological polar surface area (TPSA) is 68.5 Å². The number of ether oxygens (including phenoxy) is 1.